The molecule has 0 unspecified atom stereocenters. The monoisotopic (exact) mass is 260 g/mol. The van der Waals surface area contributed by atoms with E-state index in [-0.39, 0.29) is 0 Å². The Hall–Kier alpha value is 0.0829. The van der Waals surface area contributed by atoms with Crippen molar-refractivity contribution in [3.8, 4) is 0 Å². The molecule has 0 aromatic carbocycles. The molecule has 2 heteroatoms. The molecule has 0 amide bonds. The van der Waals surface area contributed by atoms with Crippen LogP contribution in [-0.2, 0) is 4.74 Å². The van der Waals surface area contributed by atoms with E-state index in [9.17, 15) is 0 Å². The third-order valence-electron chi connectivity index (χ3n) is 3.25. The quantitative estimate of drug-likeness (QED) is 0.357. The fourth-order valence-corrected chi connectivity index (χ4v) is 7.03. The van der Waals surface area contributed by atoms with Gasteiger partial charge in [-0.05, 0) is 0 Å². The third kappa shape index (κ3) is 5.09. The predicted octanol–water partition coefficient (Wildman–Crippen LogP) is 4.36. The van der Waals surface area contributed by atoms with Crippen molar-refractivity contribution < 1.29 is 4.74 Å². The average molecular weight is 259 g/mol. The molecule has 0 saturated carbocycles. The van der Waals surface area contributed by atoms with Crippen LogP contribution in [0.3, 0.4) is 0 Å². The summed E-state index contributed by atoms with van der Waals surface area (Å²) >= 11 is -1.59. The third-order valence-corrected chi connectivity index (χ3v) is 13.9. The summed E-state index contributed by atoms with van der Waals surface area (Å²) in [4.78, 5) is 2.44. The first kappa shape index (κ1) is 14.1. The molecule has 0 heterocycles. The first-order chi connectivity index (χ1) is 6.74. The van der Waals surface area contributed by atoms with Crippen molar-refractivity contribution in [2.45, 2.75) is 56.3 Å². The van der Waals surface area contributed by atoms with E-state index < -0.39 is 13.3 Å². The van der Waals surface area contributed by atoms with Crippen molar-refractivity contribution in [1.82, 2.24) is 0 Å². The Bertz CT molecular complexity index is 142. The molecule has 14 heavy (non-hydrogen) atoms. The molecule has 0 spiro atoms. The predicted molar refractivity (Wildman–Crippen MR) is 67.2 cm³/mol. The van der Waals surface area contributed by atoms with Crippen molar-refractivity contribution in [3.63, 3.8) is 0 Å². The van der Waals surface area contributed by atoms with Gasteiger partial charge in [0.2, 0.25) is 0 Å². The Morgan fingerprint density at radius 1 is 1.00 bits per heavy atom. The number of rotatable bonds is 8. The number of unbranched alkanes of at least 4 members (excludes halogenated alkanes) is 1. The van der Waals surface area contributed by atoms with Gasteiger partial charge in [0.25, 0.3) is 0 Å². The fourth-order valence-electron chi connectivity index (χ4n) is 1.59. The summed E-state index contributed by atoms with van der Waals surface area (Å²) < 4.78 is 5.50. The zero-order valence-corrected chi connectivity index (χ0v) is 12.4. The van der Waals surface area contributed by atoms with Crippen LogP contribution in [0, 0.1) is 0 Å². The fraction of sp³-hybridized carbons (Fsp3) is 0.833. The minimum atomic E-state index is -1.59. The zero-order valence-electron chi connectivity index (χ0n) is 10.3. The summed E-state index contributed by atoms with van der Waals surface area (Å²) in [5.41, 5.74) is 0. The van der Waals surface area contributed by atoms with Crippen LogP contribution in [0.15, 0.2) is 11.2 Å². The van der Waals surface area contributed by atoms with Gasteiger partial charge in [-0.25, -0.2) is 0 Å². The molecule has 0 radical (unpaired) electrons. The van der Waals surface area contributed by atoms with Crippen LogP contribution in [0.1, 0.15) is 40.5 Å². The topological polar surface area (TPSA) is 9.23 Å². The van der Waals surface area contributed by atoms with Crippen molar-refractivity contribution in [2.75, 3.05) is 6.61 Å². The molecule has 0 aliphatic carbocycles. The van der Waals surface area contributed by atoms with Crippen LogP contribution in [0.4, 0.5) is 0 Å². The maximum atomic E-state index is 5.50. The van der Waals surface area contributed by atoms with E-state index in [4.69, 9.17) is 4.74 Å². The second-order valence-corrected chi connectivity index (χ2v) is 14.8. The van der Waals surface area contributed by atoms with E-state index in [2.05, 4.69) is 32.6 Å². The number of ether oxygens (including phenoxy) is 1. The van der Waals surface area contributed by atoms with E-state index in [1.807, 2.05) is 6.26 Å². The van der Waals surface area contributed by atoms with Crippen LogP contribution in [0.2, 0.25) is 15.8 Å². The first-order valence-corrected chi connectivity index (χ1v) is 11.7. The Labute approximate surface area is 92.3 Å². The van der Waals surface area contributed by atoms with Crippen LogP contribution < -0.4 is 0 Å². The zero-order chi connectivity index (χ0) is 10.9. The van der Waals surface area contributed by atoms with Gasteiger partial charge in [0.15, 0.2) is 0 Å². The average Bonchev–Trinajstić information content (AvgIpc) is 2.24. The molecule has 0 aliphatic rings. The van der Waals surface area contributed by atoms with E-state index in [1.54, 1.807) is 0 Å². The standard InChI is InChI=1S/C12H26GeO/c1-5-9-11-14-12-10-13(6-2,7-3)8-4/h10,12H,5-9,11H2,1-4H3/b12-10+. The molecule has 0 atom stereocenters. The van der Waals surface area contributed by atoms with E-state index in [0.717, 1.165) is 6.61 Å². The molecular weight excluding hydrogens is 233 g/mol. The van der Waals surface area contributed by atoms with Gasteiger partial charge in [0.05, 0.1) is 0 Å². The normalized spacial score (nSPS) is 12.3. The van der Waals surface area contributed by atoms with Gasteiger partial charge in [-0.2, -0.15) is 0 Å². The van der Waals surface area contributed by atoms with Crippen molar-refractivity contribution in [3.05, 3.63) is 11.2 Å². The summed E-state index contributed by atoms with van der Waals surface area (Å²) in [6.45, 7) is 10.1. The number of hydrogen-bond acceptors (Lipinski definition) is 1. The summed E-state index contributed by atoms with van der Waals surface area (Å²) in [6.07, 6.45) is 4.39. The van der Waals surface area contributed by atoms with Gasteiger partial charge < -0.3 is 0 Å². The van der Waals surface area contributed by atoms with Crippen molar-refractivity contribution >= 4 is 13.3 Å². The van der Waals surface area contributed by atoms with Gasteiger partial charge in [0, 0.05) is 0 Å². The van der Waals surface area contributed by atoms with E-state index >= 15 is 0 Å². The first-order valence-electron chi connectivity index (χ1n) is 6.04. The molecule has 0 saturated heterocycles. The summed E-state index contributed by atoms with van der Waals surface area (Å²) in [5.74, 6) is 0. The summed E-state index contributed by atoms with van der Waals surface area (Å²) in [6, 6.07) is 0. The van der Waals surface area contributed by atoms with Crippen molar-refractivity contribution in [1.29, 1.82) is 0 Å². The summed E-state index contributed by atoms with van der Waals surface area (Å²) in [5, 5.41) is 4.17. The summed E-state index contributed by atoms with van der Waals surface area (Å²) in [7, 11) is 0. The maximum absolute atomic E-state index is 5.50. The van der Waals surface area contributed by atoms with Crippen molar-refractivity contribution in [2.24, 2.45) is 0 Å². The van der Waals surface area contributed by atoms with Gasteiger partial charge in [-0.1, -0.05) is 0 Å². The molecular formula is C12H26GeO. The van der Waals surface area contributed by atoms with Crippen LogP contribution in [0.5, 0.6) is 0 Å². The van der Waals surface area contributed by atoms with Gasteiger partial charge in [0.1, 0.15) is 0 Å². The molecule has 0 bridgehead atoms. The molecule has 1 nitrogen and oxygen atoms in total. The SMILES string of the molecule is CCCCO/C=[CH]/[Ge]([CH2]C)([CH2]C)[CH2]C. The van der Waals surface area contributed by atoms with Gasteiger partial charge in [-0.15, -0.1) is 0 Å². The van der Waals surface area contributed by atoms with E-state index in [0.29, 0.717) is 0 Å². The Morgan fingerprint density at radius 3 is 2.00 bits per heavy atom. The molecule has 0 aliphatic heterocycles. The number of hydrogen-bond donors (Lipinski definition) is 0. The van der Waals surface area contributed by atoms with Crippen LogP contribution in [-0.4, -0.2) is 19.9 Å². The van der Waals surface area contributed by atoms with Crippen LogP contribution >= 0.6 is 0 Å². The van der Waals surface area contributed by atoms with Gasteiger partial charge >= 0.3 is 92.1 Å². The van der Waals surface area contributed by atoms with Crippen LogP contribution in [0.25, 0.3) is 0 Å². The molecule has 0 fully saturated rings. The Morgan fingerprint density at radius 2 is 1.57 bits per heavy atom. The molecule has 0 aromatic rings. The van der Waals surface area contributed by atoms with Gasteiger partial charge in [-0.3, -0.25) is 0 Å². The van der Waals surface area contributed by atoms with E-state index in [1.165, 1.54) is 28.6 Å². The minimum absolute atomic E-state index is 0.891. The Kier molecular flexibility index (Phi) is 8.45. The molecule has 0 N–H and O–H groups in total. The molecule has 84 valence electrons. The molecule has 0 rings (SSSR count). The Balaban J connectivity index is 3.90. The second-order valence-electron chi connectivity index (χ2n) is 3.95. The molecule has 0 aromatic heterocycles. The second kappa shape index (κ2) is 8.40.